The summed E-state index contributed by atoms with van der Waals surface area (Å²) in [5.74, 6) is -0.506. The van der Waals surface area contributed by atoms with Gasteiger partial charge in [0.25, 0.3) is 5.56 Å². The summed E-state index contributed by atoms with van der Waals surface area (Å²) in [7, 11) is 5.58. The molecule has 3 aromatic rings. The van der Waals surface area contributed by atoms with Crippen LogP contribution in [0.2, 0.25) is 5.28 Å². The molecule has 0 bridgehead atoms. The van der Waals surface area contributed by atoms with Gasteiger partial charge in [0.05, 0.1) is 0 Å². The number of rotatable bonds is 3. The van der Waals surface area contributed by atoms with E-state index in [4.69, 9.17) is 11.6 Å². The maximum absolute atomic E-state index is 12.9. The van der Waals surface area contributed by atoms with Gasteiger partial charge in [-0.05, 0) is 11.6 Å². The molecule has 0 saturated carbocycles. The summed E-state index contributed by atoms with van der Waals surface area (Å²) in [6, 6.07) is -0.641. The lowest BCUT2D eigenvalue weighted by molar-refractivity contribution is -0.791. The number of fused-ring (bicyclic) bond motifs is 2. The van der Waals surface area contributed by atoms with E-state index in [-0.39, 0.29) is 33.9 Å². The number of aromatic amines is 2. The fraction of sp³-hybridized carbons (Fsp3) is 0.286. The van der Waals surface area contributed by atoms with Crippen LogP contribution in [0.25, 0.3) is 11.2 Å². The minimum atomic E-state index is -0.921. The van der Waals surface area contributed by atoms with E-state index >= 15 is 0 Å². The second kappa shape index (κ2) is 6.00. The smallest absolute Gasteiger partial charge is 0.319 e. The van der Waals surface area contributed by atoms with Crippen molar-refractivity contribution in [2.75, 3.05) is 24.4 Å². The summed E-state index contributed by atoms with van der Waals surface area (Å²) in [5.41, 5.74) is 4.34. The first-order valence-corrected chi connectivity index (χ1v) is 8.58. The zero-order valence-electron chi connectivity index (χ0n) is 15.7. The van der Waals surface area contributed by atoms with Crippen molar-refractivity contribution in [3.8, 4) is 0 Å². The average Bonchev–Trinajstić information content (AvgIpc) is 3.30. The molecule has 15 heteroatoms. The summed E-state index contributed by atoms with van der Waals surface area (Å²) < 4.78 is 1.20. The highest BCUT2D eigenvalue weighted by Crippen LogP contribution is 2.29. The van der Waals surface area contributed by atoms with E-state index < -0.39 is 27.8 Å². The van der Waals surface area contributed by atoms with Gasteiger partial charge in [0, 0.05) is 21.1 Å². The number of anilines is 2. The minimum absolute atomic E-state index is 0.0225. The molecule has 1 unspecified atom stereocenters. The molecule has 29 heavy (non-hydrogen) atoms. The Hall–Kier alpha value is -3.49. The lowest BCUT2D eigenvalue weighted by Gasteiger charge is -2.33. The number of nitrogens with zero attached hydrogens (tertiary/aromatic N) is 6. The Morgan fingerprint density at radius 3 is 2.41 bits per heavy atom. The molecule has 3 amide bonds. The standard InChI is InChI=1S/C14H15ClN10O4/c1-22-7-5(9(26)24(3)13(22)28)17-12(19-7)20-21-25(4)10(27)6-8(18-11(15)16-6)23(2)14(25)29/h21H,1-4H3,(H2-,16,17,18,19,20,26,27)/p+1. The summed E-state index contributed by atoms with van der Waals surface area (Å²) in [5, 5.41) is -0.0292. The van der Waals surface area contributed by atoms with Gasteiger partial charge < -0.3 is 9.97 Å². The van der Waals surface area contributed by atoms with Gasteiger partial charge in [-0.2, -0.15) is 9.97 Å². The van der Waals surface area contributed by atoms with E-state index in [9.17, 15) is 19.2 Å². The number of halogens is 1. The molecule has 3 aromatic heterocycles. The highest BCUT2D eigenvalue weighted by Gasteiger charge is 2.52. The molecule has 4 N–H and O–H groups in total. The lowest BCUT2D eigenvalue weighted by atomic mass is 10.3. The van der Waals surface area contributed by atoms with E-state index in [1.165, 1.54) is 37.7 Å². The van der Waals surface area contributed by atoms with Crippen LogP contribution < -0.4 is 27.1 Å². The van der Waals surface area contributed by atoms with Crippen molar-refractivity contribution in [1.82, 2.24) is 34.6 Å². The molecule has 1 aliphatic heterocycles. The first-order chi connectivity index (χ1) is 13.6. The Labute approximate surface area is 166 Å². The Bertz CT molecular complexity index is 1320. The summed E-state index contributed by atoms with van der Waals surface area (Å²) >= 11 is 5.82. The minimum Gasteiger partial charge on any atom is -0.319 e. The highest BCUT2D eigenvalue weighted by molar-refractivity contribution is 6.29. The second-order valence-electron chi connectivity index (χ2n) is 6.61. The van der Waals surface area contributed by atoms with Crippen LogP contribution in [0.3, 0.4) is 0 Å². The van der Waals surface area contributed by atoms with Crippen LogP contribution in [-0.4, -0.2) is 59.7 Å². The molecule has 0 saturated heterocycles. The average molecular weight is 424 g/mol. The van der Waals surface area contributed by atoms with Gasteiger partial charge in [0.15, 0.2) is 22.7 Å². The van der Waals surface area contributed by atoms with E-state index in [0.717, 1.165) is 4.57 Å². The molecular weight excluding hydrogens is 408 g/mol. The monoisotopic (exact) mass is 423 g/mol. The molecular formula is C14H16ClN10O4+. The molecule has 4 heterocycles. The number of nitrogens with one attached hydrogen (secondary N) is 4. The van der Waals surface area contributed by atoms with Crippen molar-refractivity contribution in [2.24, 2.45) is 14.1 Å². The third-order valence-corrected chi connectivity index (χ3v) is 4.93. The molecule has 0 fully saturated rings. The van der Waals surface area contributed by atoms with Crippen LogP contribution in [-0.2, 0) is 14.1 Å². The largest absolute Gasteiger partial charge is 0.453 e. The molecule has 1 atom stereocenters. The fourth-order valence-corrected chi connectivity index (χ4v) is 3.25. The van der Waals surface area contributed by atoms with Gasteiger partial charge >= 0.3 is 17.6 Å². The number of urea groups is 1. The Morgan fingerprint density at radius 1 is 1.03 bits per heavy atom. The Balaban J connectivity index is 1.70. The first kappa shape index (κ1) is 18.9. The molecule has 4 rings (SSSR count). The van der Waals surface area contributed by atoms with Gasteiger partial charge in [-0.25, -0.2) is 24.7 Å². The van der Waals surface area contributed by atoms with Gasteiger partial charge in [-0.3, -0.25) is 13.9 Å². The number of aryl methyl sites for hydroxylation is 1. The number of H-pyrrole nitrogens is 2. The number of hydrogen-bond donors (Lipinski definition) is 4. The van der Waals surface area contributed by atoms with E-state index in [2.05, 4.69) is 30.9 Å². The van der Waals surface area contributed by atoms with Crippen LogP contribution in [0.5, 0.6) is 0 Å². The van der Waals surface area contributed by atoms with Crippen LogP contribution in [0.4, 0.5) is 16.6 Å². The third kappa shape index (κ3) is 2.50. The van der Waals surface area contributed by atoms with Gasteiger partial charge in [-0.1, -0.05) is 10.1 Å². The molecule has 0 aliphatic carbocycles. The van der Waals surface area contributed by atoms with E-state index in [0.29, 0.717) is 0 Å². The number of carbonyl (C=O) groups is 2. The van der Waals surface area contributed by atoms with Crippen LogP contribution in [0.1, 0.15) is 10.5 Å². The summed E-state index contributed by atoms with van der Waals surface area (Å²) in [4.78, 5) is 64.5. The van der Waals surface area contributed by atoms with E-state index in [1.54, 1.807) is 0 Å². The van der Waals surface area contributed by atoms with Gasteiger partial charge in [0.2, 0.25) is 11.2 Å². The number of hydrogen-bond acceptors (Lipinski definition) is 8. The van der Waals surface area contributed by atoms with Crippen molar-refractivity contribution < 1.29 is 14.2 Å². The number of imidazole rings is 2. The highest BCUT2D eigenvalue weighted by atomic mass is 35.5. The summed E-state index contributed by atoms with van der Waals surface area (Å²) in [6.45, 7) is 0. The first-order valence-electron chi connectivity index (χ1n) is 8.20. The predicted molar refractivity (Wildman–Crippen MR) is 101 cm³/mol. The van der Waals surface area contributed by atoms with Gasteiger partial charge in [-0.15, -0.1) is 0 Å². The maximum Gasteiger partial charge on any atom is 0.453 e. The molecule has 0 spiro atoms. The van der Waals surface area contributed by atoms with Crippen molar-refractivity contribution in [3.63, 3.8) is 0 Å². The number of aromatic nitrogens is 6. The van der Waals surface area contributed by atoms with Crippen molar-refractivity contribution in [2.45, 2.75) is 0 Å². The van der Waals surface area contributed by atoms with Crippen LogP contribution >= 0.6 is 11.6 Å². The number of quaternary nitrogens is 1. The quantitative estimate of drug-likeness (QED) is 0.308. The predicted octanol–water partition coefficient (Wildman–Crippen LogP) is -0.975. The van der Waals surface area contributed by atoms with Crippen LogP contribution in [0, 0.1) is 0 Å². The lowest BCUT2D eigenvalue weighted by Crippen LogP contribution is -2.69. The summed E-state index contributed by atoms with van der Waals surface area (Å²) in [6.07, 6.45) is 0. The van der Waals surface area contributed by atoms with Gasteiger partial charge in [0.1, 0.15) is 7.05 Å². The Kier molecular flexibility index (Phi) is 3.90. The second-order valence-corrected chi connectivity index (χ2v) is 6.96. The van der Waals surface area contributed by atoms with E-state index in [1.807, 2.05) is 0 Å². The number of imide groups is 1. The molecule has 1 aliphatic rings. The zero-order valence-corrected chi connectivity index (χ0v) is 16.5. The maximum atomic E-state index is 12.9. The fourth-order valence-electron chi connectivity index (χ4n) is 3.08. The van der Waals surface area contributed by atoms with Crippen molar-refractivity contribution in [1.29, 1.82) is 0 Å². The normalized spacial score (nSPS) is 19.1. The molecule has 152 valence electrons. The Morgan fingerprint density at radius 2 is 1.72 bits per heavy atom. The van der Waals surface area contributed by atoms with Crippen LogP contribution in [0.15, 0.2) is 9.59 Å². The third-order valence-electron chi connectivity index (χ3n) is 4.76. The number of amides is 3. The zero-order chi connectivity index (χ0) is 21.2. The molecule has 0 aromatic carbocycles. The number of carbonyl (C=O) groups excluding carboxylic acids is 2. The topological polar surface area (TPSA) is 163 Å². The SMILES string of the molecule is CN1C(=O)[N+](C)(NNc2nc3c([nH]2)c(=O)n(C)c(=O)n3C)C(=O)c2[nH]c(Cl)nc21. The number of hydrazine groups is 1. The molecule has 0 radical (unpaired) electrons. The van der Waals surface area contributed by atoms with Crippen molar-refractivity contribution in [3.05, 3.63) is 31.8 Å². The van der Waals surface area contributed by atoms with Crippen molar-refractivity contribution >= 4 is 46.5 Å². The molecule has 14 nitrogen and oxygen atoms in total.